The maximum absolute atomic E-state index is 9.38. The second-order valence-corrected chi connectivity index (χ2v) is 5.25. The Kier molecular flexibility index (Phi) is 4.41. The van der Waals surface area contributed by atoms with E-state index in [9.17, 15) is 5.11 Å². The zero-order valence-corrected chi connectivity index (χ0v) is 12.1. The summed E-state index contributed by atoms with van der Waals surface area (Å²) >= 11 is 24.5. The number of aliphatic hydroxyl groups excluding tert-OH is 1. The standard InChI is InChI=1S/C13H8Cl4O/c14-8-3-1-2-7(6-18)11(8)12-9(15)4-5-10(16)13(12)17/h1-5,18H,6H2. The summed E-state index contributed by atoms with van der Waals surface area (Å²) in [7, 11) is 0. The lowest BCUT2D eigenvalue weighted by Crippen LogP contribution is -1.92. The second kappa shape index (κ2) is 5.68. The van der Waals surface area contributed by atoms with Gasteiger partial charge in [0.1, 0.15) is 0 Å². The molecule has 0 heterocycles. The first-order chi connectivity index (χ1) is 8.56. The van der Waals surface area contributed by atoms with Crippen LogP contribution in [0.25, 0.3) is 11.1 Å². The van der Waals surface area contributed by atoms with Crippen LogP contribution in [0.2, 0.25) is 20.1 Å². The normalized spacial score (nSPS) is 10.7. The van der Waals surface area contributed by atoms with Gasteiger partial charge < -0.3 is 5.11 Å². The van der Waals surface area contributed by atoms with Crippen LogP contribution < -0.4 is 0 Å². The van der Waals surface area contributed by atoms with Gasteiger partial charge in [0.15, 0.2) is 0 Å². The molecule has 0 fully saturated rings. The minimum Gasteiger partial charge on any atom is -0.392 e. The van der Waals surface area contributed by atoms with Crippen LogP contribution in [0.3, 0.4) is 0 Å². The van der Waals surface area contributed by atoms with Crippen molar-refractivity contribution in [3.63, 3.8) is 0 Å². The molecule has 1 nitrogen and oxygen atoms in total. The Labute approximate surface area is 125 Å². The maximum Gasteiger partial charge on any atom is 0.0688 e. The summed E-state index contributed by atoms with van der Waals surface area (Å²) in [5.74, 6) is 0. The first kappa shape index (κ1) is 14.0. The Balaban J connectivity index is 2.81. The fourth-order valence-electron chi connectivity index (χ4n) is 1.74. The van der Waals surface area contributed by atoms with E-state index < -0.39 is 0 Å². The molecule has 0 unspecified atom stereocenters. The smallest absolute Gasteiger partial charge is 0.0688 e. The van der Waals surface area contributed by atoms with Crippen molar-refractivity contribution >= 4 is 46.4 Å². The summed E-state index contributed by atoms with van der Waals surface area (Å²) in [4.78, 5) is 0. The minimum atomic E-state index is -0.158. The third kappa shape index (κ3) is 2.47. The van der Waals surface area contributed by atoms with E-state index in [4.69, 9.17) is 46.4 Å². The van der Waals surface area contributed by atoms with Crippen molar-refractivity contribution in [2.45, 2.75) is 6.61 Å². The molecule has 5 heteroatoms. The van der Waals surface area contributed by atoms with Crippen LogP contribution in [-0.2, 0) is 6.61 Å². The summed E-state index contributed by atoms with van der Waals surface area (Å²) in [5, 5.41) is 11.0. The van der Waals surface area contributed by atoms with Crippen LogP contribution in [0, 0.1) is 0 Å². The fraction of sp³-hybridized carbons (Fsp3) is 0.0769. The first-order valence-corrected chi connectivity index (χ1v) is 6.59. The molecular weight excluding hydrogens is 314 g/mol. The summed E-state index contributed by atoms with van der Waals surface area (Å²) in [6.45, 7) is -0.158. The molecule has 0 radical (unpaired) electrons. The van der Waals surface area contributed by atoms with Gasteiger partial charge in [-0.25, -0.2) is 0 Å². The van der Waals surface area contributed by atoms with Crippen molar-refractivity contribution in [3.8, 4) is 11.1 Å². The summed E-state index contributed by atoms with van der Waals surface area (Å²) in [6, 6.07) is 8.49. The Hall–Kier alpha value is -0.440. The number of hydrogen-bond donors (Lipinski definition) is 1. The Bertz CT molecular complexity index is 596. The van der Waals surface area contributed by atoms with Crippen LogP contribution in [0.15, 0.2) is 30.3 Å². The average Bonchev–Trinajstić information content (AvgIpc) is 2.36. The highest BCUT2D eigenvalue weighted by Crippen LogP contribution is 2.43. The lowest BCUT2D eigenvalue weighted by molar-refractivity contribution is 0.282. The van der Waals surface area contributed by atoms with Gasteiger partial charge >= 0.3 is 0 Å². The van der Waals surface area contributed by atoms with E-state index in [2.05, 4.69) is 0 Å². The SMILES string of the molecule is OCc1cccc(Cl)c1-c1c(Cl)ccc(Cl)c1Cl. The zero-order valence-electron chi connectivity index (χ0n) is 9.05. The van der Waals surface area contributed by atoms with Crippen molar-refractivity contribution < 1.29 is 5.11 Å². The predicted octanol–water partition coefficient (Wildman–Crippen LogP) is 5.46. The molecule has 0 amide bonds. The van der Waals surface area contributed by atoms with Gasteiger partial charge in [-0.1, -0.05) is 58.5 Å². The highest BCUT2D eigenvalue weighted by atomic mass is 35.5. The first-order valence-electron chi connectivity index (χ1n) is 5.08. The number of rotatable bonds is 2. The van der Waals surface area contributed by atoms with Crippen molar-refractivity contribution in [2.75, 3.05) is 0 Å². The Morgan fingerprint density at radius 2 is 1.39 bits per heavy atom. The van der Waals surface area contributed by atoms with Crippen LogP contribution in [0.1, 0.15) is 5.56 Å². The molecule has 94 valence electrons. The van der Waals surface area contributed by atoms with E-state index in [1.54, 1.807) is 30.3 Å². The van der Waals surface area contributed by atoms with Crippen LogP contribution in [0.4, 0.5) is 0 Å². The molecule has 18 heavy (non-hydrogen) atoms. The van der Waals surface area contributed by atoms with Gasteiger partial charge in [0.25, 0.3) is 0 Å². The third-order valence-electron chi connectivity index (χ3n) is 2.56. The summed E-state index contributed by atoms with van der Waals surface area (Å²) in [6.07, 6.45) is 0. The third-order valence-corrected chi connectivity index (χ3v) is 4.00. The maximum atomic E-state index is 9.38. The molecule has 0 saturated heterocycles. The van der Waals surface area contributed by atoms with E-state index in [-0.39, 0.29) is 6.61 Å². The number of aliphatic hydroxyl groups is 1. The van der Waals surface area contributed by atoms with Crippen molar-refractivity contribution in [3.05, 3.63) is 56.0 Å². The topological polar surface area (TPSA) is 20.2 Å². The van der Waals surface area contributed by atoms with E-state index in [0.29, 0.717) is 36.8 Å². The molecule has 0 atom stereocenters. The van der Waals surface area contributed by atoms with Crippen molar-refractivity contribution in [1.29, 1.82) is 0 Å². The molecule has 0 saturated carbocycles. The molecule has 2 rings (SSSR count). The van der Waals surface area contributed by atoms with E-state index in [0.717, 1.165) is 0 Å². The summed E-state index contributed by atoms with van der Waals surface area (Å²) in [5.41, 5.74) is 1.80. The molecule has 0 aromatic heterocycles. The lowest BCUT2D eigenvalue weighted by Gasteiger charge is -2.14. The Morgan fingerprint density at radius 3 is 2.06 bits per heavy atom. The quantitative estimate of drug-likeness (QED) is 0.728. The largest absolute Gasteiger partial charge is 0.392 e. The van der Waals surface area contributed by atoms with E-state index in [1.165, 1.54) is 0 Å². The predicted molar refractivity (Wildman–Crippen MR) is 77.8 cm³/mol. The average molecular weight is 322 g/mol. The van der Waals surface area contributed by atoms with Crippen LogP contribution in [0.5, 0.6) is 0 Å². The lowest BCUT2D eigenvalue weighted by atomic mass is 10.00. The fourth-order valence-corrected chi connectivity index (χ4v) is 2.74. The highest BCUT2D eigenvalue weighted by molar-refractivity contribution is 6.47. The van der Waals surface area contributed by atoms with Gasteiger partial charge in [0.2, 0.25) is 0 Å². The molecule has 0 aliphatic rings. The highest BCUT2D eigenvalue weighted by Gasteiger charge is 2.17. The van der Waals surface area contributed by atoms with E-state index >= 15 is 0 Å². The monoisotopic (exact) mass is 320 g/mol. The number of halogens is 4. The molecule has 0 aliphatic heterocycles. The van der Waals surface area contributed by atoms with Crippen molar-refractivity contribution in [2.24, 2.45) is 0 Å². The summed E-state index contributed by atoms with van der Waals surface area (Å²) < 4.78 is 0. The van der Waals surface area contributed by atoms with Gasteiger partial charge in [-0.2, -0.15) is 0 Å². The van der Waals surface area contributed by atoms with Crippen LogP contribution >= 0.6 is 46.4 Å². The second-order valence-electron chi connectivity index (χ2n) is 3.65. The number of benzene rings is 2. The molecule has 0 aliphatic carbocycles. The van der Waals surface area contributed by atoms with Gasteiger partial charge in [-0.3, -0.25) is 0 Å². The molecule has 0 bridgehead atoms. The zero-order chi connectivity index (χ0) is 13.3. The molecule has 0 spiro atoms. The minimum absolute atomic E-state index is 0.158. The van der Waals surface area contributed by atoms with Gasteiger partial charge in [-0.05, 0) is 23.8 Å². The molecular formula is C13H8Cl4O. The number of hydrogen-bond acceptors (Lipinski definition) is 1. The molecule has 1 N–H and O–H groups in total. The molecule has 2 aromatic rings. The Morgan fingerprint density at radius 1 is 0.778 bits per heavy atom. The molecule has 2 aromatic carbocycles. The van der Waals surface area contributed by atoms with Gasteiger partial charge in [0, 0.05) is 16.1 Å². The van der Waals surface area contributed by atoms with Crippen molar-refractivity contribution in [1.82, 2.24) is 0 Å². The van der Waals surface area contributed by atoms with Gasteiger partial charge in [0.05, 0.1) is 21.7 Å². The van der Waals surface area contributed by atoms with Crippen LogP contribution in [-0.4, -0.2) is 5.11 Å². The van der Waals surface area contributed by atoms with Gasteiger partial charge in [-0.15, -0.1) is 0 Å². The van der Waals surface area contributed by atoms with E-state index in [1.807, 2.05) is 0 Å².